The number of rotatable bonds is 5. The van der Waals surface area contributed by atoms with Crippen LogP contribution in [-0.4, -0.2) is 43.6 Å². The molecule has 0 aliphatic carbocycles. The van der Waals surface area contributed by atoms with Gasteiger partial charge in [0.15, 0.2) is 0 Å². The van der Waals surface area contributed by atoms with Crippen molar-refractivity contribution in [1.29, 1.82) is 0 Å². The van der Waals surface area contributed by atoms with Crippen molar-refractivity contribution in [1.82, 2.24) is 10.4 Å². The number of carbonyl (C=O) groups is 2. The highest BCUT2D eigenvalue weighted by molar-refractivity contribution is 6.32. The van der Waals surface area contributed by atoms with Gasteiger partial charge in [0.05, 0.1) is 31.5 Å². The van der Waals surface area contributed by atoms with Crippen molar-refractivity contribution in [2.24, 2.45) is 0 Å². The summed E-state index contributed by atoms with van der Waals surface area (Å²) in [6.07, 6.45) is 0.380. The SMILES string of the molecule is COc1cc(OC)c(NC(=O)CN2NC(=O)C[C@@H]2C)cc1Cl. The minimum atomic E-state index is -0.284. The van der Waals surface area contributed by atoms with Gasteiger partial charge in [0.2, 0.25) is 11.8 Å². The quantitative estimate of drug-likeness (QED) is 0.855. The molecule has 1 saturated heterocycles. The molecular weight excluding hydrogens is 310 g/mol. The first-order valence-corrected chi connectivity index (χ1v) is 7.10. The molecule has 7 nitrogen and oxygen atoms in total. The Bertz CT molecular complexity index is 594. The number of hydrazine groups is 1. The second kappa shape index (κ2) is 6.85. The normalized spacial score (nSPS) is 18.0. The number of carbonyl (C=O) groups excluding carboxylic acids is 2. The Morgan fingerprint density at radius 1 is 1.41 bits per heavy atom. The van der Waals surface area contributed by atoms with Gasteiger partial charge in [-0.1, -0.05) is 11.6 Å². The van der Waals surface area contributed by atoms with Crippen LogP contribution >= 0.6 is 11.6 Å². The number of benzene rings is 1. The van der Waals surface area contributed by atoms with Crippen LogP contribution in [0.25, 0.3) is 0 Å². The molecule has 120 valence electrons. The Morgan fingerprint density at radius 2 is 2.09 bits per heavy atom. The van der Waals surface area contributed by atoms with E-state index >= 15 is 0 Å². The average molecular weight is 328 g/mol. The van der Waals surface area contributed by atoms with Gasteiger partial charge in [0.25, 0.3) is 0 Å². The lowest BCUT2D eigenvalue weighted by Crippen LogP contribution is -2.42. The van der Waals surface area contributed by atoms with E-state index in [0.29, 0.717) is 28.6 Å². The largest absolute Gasteiger partial charge is 0.495 e. The Labute approximate surface area is 133 Å². The number of nitrogens with one attached hydrogen (secondary N) is 2. The van der Waals surface area contributed by atoms with Gasteiger partial charge in [-0.25, -0.2) is 5.01 Å². The summed E-state index contributed by atoms with van der Waals surface area (Å²) in [5.74, 6) is 0.518. The fourth-order valence-corrected chi connectivity index (χ4v) is 2.43. The molecule has 1 aromatic carbocycles. The first kappa shape index (κ1) is 16.4. The number of anilines is 1. The van der Waals surface area contributed by atoms with Gasteiger partial charge in [0, 0.05) is 18.5 Å². The summed E-state index contributed by atoms with van der Waals surface area (Å²) in [6.45, 7) is 1.91. The number of ether oxygens (including phenoxy) is 2. The van der Waals surface area contributed by atoms with Crippen molar-refractivity contribution in [3.63, 3.8) is 0 Å². The number of methoxy groups -OCH3 is 2. The molecule has 1 atom stereocenters. The van der Waals surface area contributed by atoms with Gasteiger partial charge in [-0.15, -0.1) is 0 Å². The minimum Gasteiger partial charge on any atom is -0.495 e. The summed E-state index contributed by atoms with van der Waals surface area (Å²) >= 11 is 6.06. The molecule has 1 fully saturated rings. The summed E-state index contributed by atoms with van der Waals surface area (Å²) in [6, 6.07) is 3.13. The van der Waals surface area contributed by atoms with E-state index in [1.807, 2.05) is 6.92 Å². The highest BCUT2D eigenvalue weighted by atomic mass is 35.5. The number of amides is 2. The molecule has 1 aromatic rings. The summed E-state index contributed by atoms with van der Waals surface area (Å²) < 4.78 is 10.3. The molecule has 2 rings (SSSR count). The Kier molecular flexibility index (Phi) is 5.10. The number of halogens is 1. The van der Waals surface area contributed by atoms with Crippen molar-refractivity contribution in [2.75, 3.05) is 26.1 Å². The van der Waals surface area contributed by atoms with E-state index in [2.05, 4.69) is 10.7 Å². The second-order valence-corrected chi connectivity index (χ2v) is 5.36. The van der Waals surface area contributed by atoms with Crippen molar-refractivity contribution in [2.45, 2.75) is 19.4 Å². The molecule has 22 heavy (non-hydrogen) atoms. The zero-order valence-corrected chi connectivity index (χ0v) is 13.4. The first-order chi connectivity index (χ1) is 10.4. The predicted octanol–water partition coefficient (Wildman–Crippen LogP) is 1.42. The van der Waals surface area contributed by atoms with Gasteiger partial charge in [-0.2, -0.15) is 0 Å². The fraction of sp³-hybridized carbons (Fsp3) is 0.429. The van der Waals surface area contributed by atoms with Crippen molar-refractivity contribution in [3.8, 4) is 11.5 Å². The molecule has 1 heterocycles. The molecule has 0 aromatic heterocycles. The molecule has 2 N–H and O–H groups in total. The van der Waals surface area contributed by atoms with E-state index < -0.39 is 0 Å². The lowest BCUT2D eigenvalue weighted by Gasteiger charge is -2.20. The maximum absolute atomic E-state index is 12.1. The highest BCUT2D eigenvalue weighted by Gasteiger charge is 2.28. The number of hydrogen-bond acceptors (Lipinski definition) is 5. The summed E-state index contributed by atoms with van der Waals surface area (Å²) in [7, 11) is 2.98. The van der Waals surface area contributed by atoms with Gasteiger partial charge >= 0.3 is 0 Å². The van der Waals surface area contributed by atoms with Gasteiger partial charge < -0.3 is 14.8 Å². The molecule has 2 amide bonds. The van der Waals surface area contributed by atoms with Crippen LogP contribution in [0.2, 0.25) is 5.02 Å². The smallest absolute Gasteiger partial charge is 0.240 e. The van der Waals surface area contributed by atoms with Gasteiger partial charge in [0.1, 0.15) is 11.5 Å². The number of nitrogens with zero attached hydrogens (tertiary/aromatic N) is 1. The molecular formula is C14H18ClN3O4. The van der Waals surface area contributed by atoms with E-state index in [0.717, 1.165) is 0 Å². The van der Waals surface area contributed by atoms with Crippen molar-refractivity contribution < 1.29 is 19.1 Å². The van der Waals surface area contributed by atoms with E-state index in [1.54, 1.807) is 17.1 Å². The molecule has 0 saturated carbocycles. The van der Waals surface area contributed by atoms with E-state index in [9.17, 15) is 9.59 Å². The first-order valence-electron chi connectivity index (χ1n) is 6.72. The van der Waals surface area contributed by atoms with Crippen LogP contribution in [0.5, 0.6) is 11.5 Å². The summed E-state index contributed by atoms with van der Waals surface area (Å²) in [4.78, 5) is 23.4. The molecule has 1 aliphatic heterocycles. The second-order valence-electron chi connectivity index (χ2n) is 4.95. The lowest BCUT2D eigenvalue weighted by atomic mass is 10.2. The highest BCUT2D eigenvalue weighted by Crippen LogP contribution is 2.35. The van der Waals surface area contributed by atoms with Gasteiger partial charge in [-0.3, -0.25) is 15.0 Å². The van der Waals surface area contributed by atoms with Crippen LogP contribution in [0.3, 0.4) is 0 Å². The average Bonchev–Trinajstić information content (AvgIpc) is 2.77. The Balaban J connectivity index is 2.08. The third-order valence-electron chi connectivity index (χ3n) is 3.34. The number of hydrogen-bond donors (Lipinski definition) is 2. The minimum absolute atomic E-state index is 0.0281. The standard InChI is InChI=1S/C14H18ClN3O4/c1-8-4-13(19)17-18(8)7-14(20)16-10-5-9(15)11(21-2)6-12(10)22-3/h5-6,8H,4,7H2,1-3H3,(H,16,20)(H,17,19)/t8-/m0/s1. The zero-order chi connectivity index (χ0) is 16.3. The maximum Gasteiger partial charge on any atom is 0.240 e. The zero-order valence-electron chi connectivity index (χ0n) is 12.6. The predicted molar refractivity (Wildman–Crippen MR) is 82.1 cm³/mol. The molecule has 8 heteroatoms. The van der Waals surface area contributed by atoms with Crippen LogP contribution in [-0.2, 0) is 9.59 Å². The van der Waals surface area contributed by atoms with Crippen LogP contribution in [0, 0.1) is 0 Å². The van der Waals surface area contributed by atoms with Gasteiger partial charge in [-0.05, 0) is 13.0 Å². The maximum atomic E-state index is 12.1. The fourth-order valence-electron chi connectivity index (χ4n) is 2.19. The Morgan fingerprint density at radius 3 is 2.64 bits per heavy atom. The van der Waals surface area contributed by atoms with Crippen molar-refractivity contribution in [3.05, 3.63) is 17.2 Å². The van der Waals surface area contributed by atoms with E-state index in [-0.39, 0.29) is 24.4 Å². The third kappa shape index (κ3) is 3.61. The van der Waals surface area contributed by atoms with Crippen LogP contribution in [0.4, 0.5) is 5.69 Å². The third-order valence-corrected chi connectivity index (χ3v) is 3.64. The summed E-state index contributed by atoms with van der Waals surface area (Å²) in [5.41, 5.74) is 3.08. The van der Waals surface area contributed by atoms with E-state index in [4.69, 9.17) is 21.1 Å². The van der Waals surface area contributed by atoms with Crippen molar-refractivity contribution >= 4 is 29.1 Å². The van der Waals surface area contributed by atoms with Crippen LogP contribution in [0.1, 0.15) is 13.3 Å². The summed E-state index contributed by atoms with van der Waals surface area (Å²) in [5, 5.41) is 4.67. The van der Waals surface area contributed by atoms with Crippen LogP contribution < -0.4 is 20.2 Å². The lowest BCUT2D eigenvalue weighted by molar-refractivity contribution is -0.122. The molecule has 0 unspecified atom stereocenters. The van der Waals surface area contributed by atoms with E-state index in [1.165, 1.54) is 14.2 Å². The molecule has 0 spiro atoms. The topological polar surface area (TPSA) is 79.9 Å². The Hall–Kier alpha value is -1.99. The molecule has 0 bridgehead atoms. The monoisotopic (exact) mass is 327 g/mol. The molecule has 1 aliphatic rings. The molecule has 0 radical (unpaired) electrons. The van der Waals surface area contributed by atoms with Crippen LogP contribution in [0.15, 0.2) is 12.1 Å².